The summed E-state index contributed by atoms with van der Waals surface area (Å²) in [5, 5.41) is 16.5. The summed E-state index contributed by atoms with van der Waals surface area (Å²) >= 11 is 0. The van der Waals surface area contributed by atoms with Crippen LogP contribution in [0.2, 0.25) is 0 Å². The molecule has 98 heavy (non-hydrogen) atoms. The molecule has 0 amide bonds. The first kappa shape index (κ1) is 53.0. The second-order valence-corrected chi connectivity index (χ2v) is 25.8. The van der Waals surface area contributed by atoms with Crippen LogP contribution >= 0.6 is 0 Å². The van der Waals surface area contributed by atoms with Crippen LogP contribution in [-0.4, -0.2) is 42.4 Å². The van der Waals surface area contributed by atoms with E-state index in [0.29, 0.717) is 23.2 Å². The fourth-order valence-corrected chi connectivity index (χ4v) is 16.8. The van der Waals surface area contributed by atoms with Gasteiger partial charge in [0, 0.05) is 92.5 Å². The Bertz CT molecular complexity index is 6910. The van der Waals surface area contributed by atoms with Gasteiger partial charge in [-0.1, -0.05) is 243 Å². The predicted octanol–water partition coefficient (Wildman–Crippen LogP) is 22.4. The van der Waals surface area contributed by atoms with Gasteiger partial charge in [0.2, 0.25) is 0 Å². The van der Waals surface area contributed by atoms with Crippen LogP contribution in [0.5, 0.6) is 0 Å². The fourth-order valence-electron chi connectivity index (χ4n) is 16.8. The molecular formula is C89H53N9. The molecule has 0 spiro atoms. The summed E-state index contributed by atoms with van der Waals surface area (Å²) in [6, 6.07) is 117. The standard InChI is InChI=1S/C89H53N9/c1-4-26-54(27-5-1)93-73-42-20-13-34-59(73)66-48-51-69-62-37-16-23-45-76(62)96(83(69)80(66)93)86-88(97-77-46-24-17-38-63(77)70-52-49-67-60-35-14-21-43-74(60)94(81(67)84(70)97)55-28-6-2-7-29-55)91-87(79-65-40-11-10-32-57(65)58-33-12-19-41-72(58)90-79)92-89(86)98-78-47-25-18-39-64(78)71-53-50-68-61-36-15-22-44-75(61)95(82(68)85(71)98)56-30-8-3-9-31-56/h1-53H. The van der Waals surface area contributed by atoms with Gasteiger partial charge in [-0.25, -0.2) is 15.0 Å². The molecule has 9 heteroatoms. The molecule has 0 radical (unpaired) electrons. The van der Waals surface area contributed by atoms with Gasteiger partial charge in [0.05, 0.1) is 71.7 Å². The van der Waals surface area contributed by atoms with E-state index >= 15 is 0 Å². The van der Waals surface area contributed by atoms with Crippen molar-refractivity contribution in [2.24, 2.45) is 0 Å². The molecule has 22 rings (SSSR count). The smallest absolute Gasteiger partial charge is 0.183 e. The summed E-state index contributed by atoms with van der Waals surface area (Å²) in [5.41, 5.74) is 18.0. The molecule has 0 aliphatic heterocycles. The summed E-state index contributed by atoms with van der Waals surface area (Å²) in [7, 11) is 0. The monoisotopic (exact) mass is 1250 g/mol. The van der Waals surface area contributed by atoms with E-state index < -0.39 is 0 Å². The number of nitrogens with zero attached hydrogens (tertiary/aromatic N) is 9. The third-order valence-corrected chi connectivity index (χ3v) is 20.8. The van der Waals surface area contributed by atoms with Gasteiger partial charge in [0.15, 0.2) is 17.5 Å². The highest BCUT2D eigenvalue weighted by Gasteiger charge is 2.33. The Hall–Kier alpha value is -13.4. The summed E-state index contributed by atoms with van der Waals surface area (Å²) in [5.74, 6) is 1.83. The van der Waals surface area contributed by atoms with Gasteiger partial charge in [0.25, 0.3) is 0 Å². The number of aromatic nitrogens is 9. The third-order valence-electron chi connectivity index (χ3n) is 20.8. The summed E-state index contributed by atoms with van der Waals surface area (Å²) in [4.78, 5) is 18.6. The van der Waals surface area contributed by atoms with Gasteiger partial charge in [0.1, 0.15) is 11.4 Å². The maximum Gasteiger partial charge on any atom is 0.183 e. The number of hydrogen-bond acceptors (Lipinski definition) is 3. The van der Waals surface area contributed by atoms with Crippen LogP contribution < -0.4 is 0 Å². The van der Waals surface area contributed by atoms with Crippen LogP contribution in [-0.2, 0) is 0 Å². The predicted molar refractivity (Wildman–Crippen MR) is 406 cm³/mol. The van der Waals surface area contributed by atoms with Crippen LogP contribution in [0.15, 0.2) is 322 Å². The van der Waals surface area contributed by atoms with E-state index in [-0.39, 0.29) is 0 Å². The first-order valence-electron chi connectivity index (χ1n) is 33.4. The Morgan fingerprint density at radius 2 is 0.429 bits per heavy atom. The van der Waals surface area contributed by atoms with Gasteiger partial charge in [-0.3, -0.25) is 9.13 Å². The number of rotatable bonds is 7. The van der Waals surface area contributed by atoms with Crippen LogP contribution in [0, 0.1) is 0 Å². The van der Waals surface area contributed by atoms with Crippen molar-refractivity contribution in [2.45, 2.75) is 0 Å². The molecule has 0 saturated carbocycles. The van der Waals surface area contributed by atoms with Crippen LogP contribution in [0.4, 0.5) is 0 Å². The average molecular weight is 1250 g/mol. The number of hydrogen-bond donors (Lipinski definition) is 0. The van der Waals surface area contributed by atoms with E-state index in [1.807, 2.05) is 0 Å². The lowest BCUT2D eigenvalue weighted by atomic mass is 10.0. The highest BCUT2D eigenvalue weighted by atomic mass is 15.2. The van der Waals surface area contributed by atoms with Crippen molar-refractivity contribution in [1.82, 2.24) is 42.4 Å². The molecule has 0 fully saturated rings. The van der Waals surface area contributed by atoms with Gasteiger partial charge in [-0.2, -0.15) is 0 Å². The minimum atomic E-state index is 0.480. The quantitative estimate of drug-likeness (QED) is 0.149. The molecule has 0 aliphatic carbocycles. The van der Waals surface area contributed by atoms with E-state index in [1.165, 1.54) is 0 Å². The highest BCUT2D eigenvalue weighted by Crippen LogP contribution is 2.50. The molecular weight excluding hydrogens is 1200 g/mol. The second-order valence-electron chi connectivity index (χ2n) is 25.8. The Kier molecular flexibility index (Phi) is 10.9. The first-order chi connectivity index (χ1) is 48.7. The molecule has 14 aromatic carbocycles. The lowest BCUT2D eigenvalue weighted by Crippen LogP contribution is -2.15. The van der Waals surface area contributed by atoms with E-state index in [9.17, 15) is 0 Å². The normalized spacial score (nSPS) is 12.3. The zero-order valence-electron chi connectivity index (χ0n) is 52.6. The molecule has 0 saturated heterocycles. The van der Waals surface area contributed by atoms with Crippen LogP contribution in [0.25, 0.3) is 198 Å². The maximum atomic E-state index is 6.41. The molecule has 9 nitrogen and oxygen atoms in total. The van der Waals surface area contributed by atoms with Gasteiger partial charge < -0.3 is 18.3 Å². The van der Waals surface area contributed by atoms with E-state index in [4.69, 9.17) is 15.0 Å². The Morgan fingerprint density at radius 1 is 0.173 bits per heavy atom. The number of benzene rings is 14. The van der Waals surface area contributed by atoms with Gasteiger partial charge >= 0.3 is 0 Å². The minimum absolute atomic E-state index is 0.480. The molecule has 0 N–H and O–H groups in total. The Balaban J connectivity index is 1.05. The van der Waals surface area contributed by atoms with Crippen molar-refractivity contribution in [3.63, 3.8) is 0 Å². The minimum Gasteiger partial charge on any atom is -0.307 e. The van der Waals surface area contributed by atoms with Crippen molar-refractivity contribution in [1.29, 1.82) is 0 Å². The van der Waals surface area contributed by atoms with Crippen molar-refractivity contribution < 1.29 is 0 Å². The molecule has 8 heterocycles. The zero-order valence-corrected chi connectivity index (χ0v) is 52.6. The highest BCUT2D eigenvalue weighted by molar-refractivity contribution is 6.28. The molecule has 0 bridgehead atoms. The molecule has 0 atom stereocenters. The summed E-state index contributed by atoms with van der Waals surface area (Å²) in [6.07, 6.45) is 0. The summed E-state index contributed by atoms with van der Waals surface area (Å²) < 4.78 is 15.0. The second kappa shape index (κ2) is 20.1. The number of pyridine rings is 1. The Labute approximate surface area is 559 Å². The van der Waals surface area contributed by atoms with Crippen molar-refractivity contribution >= 4 is 153 Å². The molecule has 454 valence electrons. The summed E-state index contributed by atoms with van der Waals surface area (Å²) in [6.45, 7) is 0. The SMILES string of the molecule is c1ccc(-n2c3ccccc3c3ccc4c5ccccc5n(-c5nc(-c6nc7ccccc7c7ccccc67)nc(-n6c7ccccc7c7ccc8c9ccccc9n(-c9ccccc9)c8c76)c5-n5c6ccccc6c6ccc7c8ccccc8n(-c8ccccc8)c7c65)c4c32)cc1. The van der Waals surface area contributed by atoms with Gasteiger partial charge in [-0.15, -0.1) is 0 Å². The molecule has 22 aromatic rings. The third kappa shape index (κ3) is 7.14. The van der Waals surface area contributed by atoms with Crippen molar-refractivity contribution in [3.8, 4) is 45.9 Å². The van der Waals surface area contributed by atoms with E-state index in [2.05, 4.69) is 349 Å². The number of para-hydroxylation sites is 10. The van der Waals surface area contributed by atoms with E-state index in [0.717, 1.165) is 175 Å². The first-order valence-corrected chi connectivity index (χ1v) is 33.4. The lowest BCUT2D eigenvalue weighted by Gasteiger charge is -2.23. The van der Waals surface area contributed by atoms with Gasteiger partial charge in [-0.05, 0) is 84.2 Å². The number of fused-ring (bicyclic) bond motifs is 24. The van der Waals surface area contributed by atoms with Crippen LogP contribution in [0.3, 0.4) is 0 Å². The Morgan fingerprint density at radius 3 is 0.786 bits per heavy atom. The fraction of sp³-hybridized carbons (Fsp3) is 0. The van der Waals surface area contributed by atoms with Crippen molar-refractivity contribution in [3.05, 3.63) is 322 Å². The molecule has 8 aromatic heterocycles. The molecule has 0 aliphatic rings. The topological polar surface area (TPSA) is 68.2 Å². The van der Waals surface area contributed by atoms with Crippen LogP contribution in [0.1, 0.15) is 0 Å². The average Bonchev–Trinajstić information content (AvgIpc) is 1.49. The van der Waals surface area contributed by atoms with E-state index in [1.54, 1.807) is 0 Å². The lowest BCUT2D eigenvalue weighted by molar-refractivity contribution is 0.946. The van der Waals surface area contributed by atoms with Crippen molar-refractivity contribution in [2.75, 3.05) is 0 Å². The zero-order chi connectivity index (χ0) is 63.8. The largest absolute Gasteiger partial charge is 0.307 e. The maximum absolute atomic E-state index is 6.41. The molecule has 0 unspecified atom stereocenters.